The molecule has 0 aliphatic heterocycles. The lowest BCUT2D eigenvalue weighted by Crippen LogP contribution is -2.44. The highest BCUT2D eigenvalue weighted by Gasteiger charge is 2.25. The van der Waals surface area contributed by atoms with Gasteiger partial charge >= 0.3 is 0 Å². The van der Waals surface area contributed by atoms with Gasteiger partial charge in [0, 0.05) is 16.6 Å². The van der Waals surface area contributed by atoms with Crippen molar-refractivity contribution in [1.82, 2.24) is 4.90 Å². The van der Waals surface area contributed by atoms with E-state index in [1.54, 1.807) is 0 Å². The molecule has 0 fully saturated rings. The van der Waals surface area contributed by atoms with E-state index in [0.29, 0.717) is 0 Å². The van der Waals surface area contributed by atoms with Gasteiger partial charge in [-0.25, -0.2) is 0 Å². The Morgan fingerprint density at radius 1 is 1.17 bits per heavy atom. The Kier molecular flexibility index (Phi) is 5.86. The van der Waals surface area contributed by atoms with Gasteiger partial charge in [-0.1, -0.05) is 26.0 Å². The average Bonchev–Trinajstić information content (AvgIpc) is 2.38. The Morgan fingerprint density at radius 3 is 2.11 bits per heavy atom. The van der Waals surface area contributed by atoms with E-state index < -0.39 is 0 Å². The molecule has 0 aliphatic carbocycles. The van der Waals surface area contributed by atoms with Crippen molar-refractivity contribution in [3.63, 3.8) is 0 Å². The molecule has 0 saturated carbocycles. The Morgan fingerprint density at radius 2 is 1.67 bits per heavy atom. The number of hydrogen-bond acceptors (Lipinski definition) is 1. The number of carbonyl (C=O) groups excluding carboxylic acids is 1. The lowest BCUT2D eigenvalue weighted by molar-refractivity contribution is 0.0597. The van der Waals surface area contributed by atoms with Crippen LogP contribution >= 0.6 is 15.9 Å². The van der Waals surface area contributed by atoms with Crippen molar-refractivity contribution in [2.24, 2.45) is 0 Å². The number of halogens is 1. The maximum absolute atomic E-state index is 12.7. The molecule has 0 aliphatic rings. The van der Waals surface area contributed by atoms with Crippen LogP contribution in [0.3, 0.4) is 0 Å². The van der Waals surface area contributed by atoms with Gasteiger partial charge < -0.3 is 4.90 Å². The molecule has 1 rings (SSSR count). The molecule has 100 valence electrons. The molecule has 2 atom stereocenters. The van der Waals surface area contributed by atoms with Gasteiger partial charge in [0.1, 0.15) is 0 Å². The molecule has 0 N–H and O–H groups in total. The van der Waals surface area contributed by atoms with Crippen LogP contribution in [0, 0.1) is 0 Å². The number of hydrogen-bond donors (Lipinski definition) is 0. The van der Waals surface area contributed by atoms with E-state index in [0.717, 1.165) is 22.9 Å². The zero-order chi connectivity index (χ0) is 13.7. The molecule has 0 saturated heterocycles. The molecule has 0 heterocycles. The molecular formula is C15H22BrNO. The van der Waals surface area contributed by atoms with Crippen LogP contribution in [0.5, 0.6) is 0 Å². The Labute approximate surface area is 119 Å². The maximum Gasteiger partial charge on any atom is 0.255 e. The first-order valence-corrected chi connectivity index (χ1v) is 7.39. The summed E-state index contributed by atoms with van der Waals surface area (Å²) >= 11 is 3.46. The lowest BCUT2D eigenvalue weighted by atomic mass is 10.1. The molecule has 0 aromatic heterocycles. The van der Waals surface area contributed by atoms with Crippen LogP contribution in [0.15, 0.2) is 28.7 Å². The first kappa shape index (κ1) is 15.2. The normalized spacial score (nSPS) is 14.1. The van der Waals surface area contributed by atoms with Gasteiger partial charge in [0.25, 0.3) is 5.91 Å². The predicted molar refractivity (Wildman–Crippen MR) is 79.8 cm³/mol. The predicted octanol–water partition coefficient (Wildman–Crippen LogP) is 4.49. The van der Waals surface area contributed by atoms with Crippen LogP contribution in [-0.2, 0) is 0 Å². The van der Waals surface area contributed by atoms with Crippen molar-refractivity contribution >= 4 is 21.8 Å². The Balaban J connectivity index is 3.07. The quantitative estimate of drug-likeness (QED) is 0.784. The van der Waals surface area contributed by atoms with Crippen molar-refractivity contribution in [3.8, 4) is 0 Å². The van der Waals surface area contributed by atoms with Gasteiger partial charge in [0.2, 0.25) is 0 Å². The van der Waals surface area contributed by atoms with Crippen molar-refractivity contribution < 1.29 is 4.79 Å². The zero-order valence-corrected chi connectivity index (χ0v) is 13.2. The fraction of sp³-hybridized carbons (Fsp3) is 0.533. The minimum Gasteiger partial charge on any atom is -0.333 e. The second kappa shape index (κ2) is 6.93. The van der Waals surface area contributed by atoms with Gasteiger partial charge in [-0.3, -0.25) is 4.79 Å². The molecule has 1 aromatic rings. The SMILES string of the molecule is CCC(C)N(C(=O)c1ccccc1Br)C(C)CC. The molecule has 0 spiro atoms. The zero-order valence-electron chi connectivity index (χ0n) is 11.6. The van der Waals surface area contributed by atoms with E-state index >= 15 is 0 Å². The third-order valence-electron chi connectivity index (χ3n) is 3.47. The van der Waals surface area contributed by atoms with Crippen LogP contribution in [0.1, 0.15) is 50.9 Å². The molecule has 0 bridgehead atoms. The number of amides is 1. The van der Waals surface area contributed by atoms with E-state index in [1.807, 2.05) is 29.2 Å². The second-order valence-corrected chi connectivity index (χ2v) is 5.56. The second-order valence-electron chi connectivity index (χ2n) is 4.71. The number of benzene rings is 1. The van der Waals surface area contributed by atoms with Gasteiger partial charge in [-0.2, -0.15) is 0 Å². The van der Waals surface area contributed by atoms with E-state index in [-0.39, 0.29) is 18.0 Å². The molecule has 18 heavy (non-hydrogen) atoms. The fourth-order valence-electron chi connectivity index (χ4n) is 2.00. The monoisotopic (exact) mass is 311 g/mol. The van der Waals surface area contributed by atoms with Gasteiger partial charge in [0.05, 0.1) is 5.56 Å². The van der Waals surface area contributed by atoms with Gasteiger partial charge in [-0.05, 0) is 54.8 Å². The van der Waals surface area contributed by atoms with E-state index in [9.17, 15) is 4.79 Å². The minimum atomic E-state index is 0.117. The molecular weight excluding hydrogens is 290 g/mol. The van der Waals surface area contributed by atoms with E-state index in [4.69, 9.17) is 0 Å². The molecule has 3 heteroatoms. The number of nitrogens with zero attached hydrogens (tertiary/aromatic N) is 1. The summed E-state index contributed by atoms with van der Waals surface area (Å²) in [6.07, 6.45) is 1.95. The summed E-state index contributed by atoms with van der Waals surface area (Å²) in [5.41, 5.74) is 0.748. The largest absolute Gasteiger partial charge is 0.333 e. The summed E-state index contributed by atoms with van der Waals surface area (Å²) in [6.45, 7) is 8.46. The average molecular weight is 312 g/mol. The lowest BCUT2D eigenvalue weighted by Gasteiger charge is -2.34. The van der Waals surface area contributed by atoms with Crippen LogP contribution in [-0.4, -0.2) is 22.9 Å². The van der Waals surface area contributed by atoms with Crippen LogP contribution in [0.4, 0.5) is 0 Å². The molecule has 2 unspecified atom stereocenters. The Hall–Kier alpha value is -0.830. The van der Waals surface area contributed by atoms with Gasteiger partial charge in [-0.15, -0.1) is 0 Å². The first-order chi connectivity index (χ1) is 8.52. The summed E-state index contributed by atoms with van der Waals surface area (Å²) < 4.78 is 0.867. The van der Waals surface area contributed by atoms with Crippen LogP contribution < -0.4 is 0 Å². The summed E-state index contributed by atoms with van der Waals surface area (Å²) in [7, 11) is 0. The standard InChI is InChI=1S/C15H22BrNO/c1-5-11(3)17(12(4)6-2)15(18)13-9-7-8-10-14(13)16/h7-12H,5-6H2,1-4H3. The summed E-state index contributed by atoms with van der Waals surface area (Å²) in [6, 6.07) is 8.16. The molecule has 1 aromatic carbocycles. The van der Waals surface area contributed by atoms with E-state index in [2.05, 4.69) is 43.6 Å². The number of carbonyl (C=O) groups is 1. The summed E-state index contributed by atoms with van der Waals surface area (Å²) in [4.78, 5) is 14.7. The summed E-state index contributed by atoms with van der Waals surface area (Å²) in [5, 5.41) is 0. The van der Waals surface area contributed by atoms with Crippen molar-refractivity contribution in [3.05, 3.63) is 34.3 Å². The minimum absolute atomic E-state index is 0.117. The van der Waals surface area contributed by atoms with Crippen molar-refractivity contribution in [2.45, 2.75) is 52.6 Å². The Bertz CT molecular complexity index is 395. The fourth-order valence-corrected chi connectivity index (χ4v) is 2.46. The highest BCUT2D eigenvalue weighted by molar-refractivity contribution is 9.10. The third-order valence-corrected chi connectivity index (χ3v) is 4.16. The molecule has 1 amide bonds. The topological polar surface area (TPSA) is 20.3 Å². The van der Waals surface area contributed by atoms with Crippen LogP contribution in [0.25, 0.3) is 0 Å². The summed E-state index contributed by atoms with van der Waals surface area (Å²) in [5.74, 6) is 0.117. The van der Waals surface area contributed by atoms with Crippen molar-refractivity contribution in [1.29, 1.82) is 0 Å². The first-order valence-electron chi connectivity index (χ1n) is 6.60. The van der Waals surface area contributed by atoms with Crippen molar-refractivity contribution in [2.75, 3.05) is 0 Å². The van der Waals surface area contributed by atoms with Gasteiger partial charge in [0.15, 0.2) is 0 Å². The molecule has 2 nitrogen and oxygen atoms in total. The highest BCUT2D eigenvalue weighted by Crippen LogP contribution is 2.22. The van der Waals surface area contributed by atoms with Crippen LogP contribution in [0.2, 0.25) is 0 Å². The van der Waals surface area contributed by atoms with E-state index in [1.165, 1.54) is 0 Å². The highest BCUT2D eigenvalue weighted by atomic mass is 79.9. The maximum atomic E-state index is 12.7. The molecule has 0 radical (unpaired) electrons. The smallest absolute Gasteiger partial charge is 0.255 e. The number of rotatable bonds is 5. The third kappa shape index (κ3) is 3.35.